The molecule has 0 spiro atoms. The fourth-order valence-electron chi connectivity index (χ4n) is 2.07. The lowest BCUT2D eigenvalue weighted by Crippen LogP contribution is -2.38. The Hall–Kier alpha value is -0.610. The summed E-state index contributed by atoms with van der Waals surface area (Å²) in [5, 5.41) is 0. The zero-order valence-electron chi connectivity index (χ0n) is 11.3. The van der Waals surface area contributed by atoms with E-state index in [-0.39, 0.29) is 5.97 Å². The lowest BCUT2D eigenvalue weighted by Gasteiger charge is -2.26. The van der Waals surface area contributed by atoms with Gasteiger partial charge in [-0.25, -0.2) is 0 Å². The van der Waals surface area contributed by atoms with Gasteiger partial charge in [-0.3, -0.25) is 9.69 Å². The normalized spacial score (nSPS) is 20.2. The zero-order chi connectivity index (χ0) is 12.7. The summed E-state index contributed by atoms with van der Waals surface area (Å²) in [5.74, 6) is -0.131. The number of nitrogens with zero attached hydrogens (tertiary/aromatic N) is 1. The molecule has 1 aliphatic rings. The first kappa shape index (κ1) is 14.5. The molecule has 0 aromatic heterocycles. The molecule has 1 atom stereocenters. The van der Waals surface area contributed by atoms with Crippen molar-refractivity contribution in [1.29, 1.82) is 0 Å². The van der Waals surface area contributed by atoms with Crippen molar-refractivity contribution in [2.45, 2.75) is 52.2 Å². The third-order valence-corrected chi connectivity index (χ3v) is 3.13. The molecule has 100 valence electrons. The second-order valence-electron chi connectivity index (χ2n) is 4.79. The molecule has 0 amide bonds. The fourth-order valence-corrected chi connectivity index (χ4v) is 2.07. The van der Waals surface area contributed by atoms with E-state index in [1.54, 1.807) is 0 Å². The number of ether oxygens (including phenoxy) is 2. The Morgan fingerprint density at radius 3 is 2.82 bits per heavy atom. The van der Waals surface area contributed by atoms with Crippen LogP contribution in [0, 0.1) is 0 Å². The highest BCUT2D eigenvalue weighted by Gasteiger charge is 2.19. The Bertz CT molecular complexity index is 225. The first-order valence-electron chi connectivity index (χ1n) is 6.64. The van der Waals surface area contributed by atoms with Gasteiger partial charge in [-0.15, -0.1) is 0 Å². The molecule has 0 saturated carbocycles. The van der Waals surface area contributed by atoms with Crippen LogP contribution in [-0.4, -0.2) is 49.3 Å². The molecular formula is C13H25NO3. The molecule has 17 heavy (non-hydrogen) atoms. The second kappa shape index (κ2) is 7.67. The van der Waals surface area contributed by atoms with Crippen molar-refractivity contribution in [2.24, 2.45) is 0 Å². The Morgan fingerprint density at radius 2 is 2.29 bits per heavy atom. The predicted molar refractivity (Wildman–Crippen MR) is 66.9 cm³/mol. The summed E-state index contributed by atoms with van der Waals surface area (Å²) < 4.78 is 10.6. The molecule has 1 fully saturated rings. The van der Waals surface area contributed by atoms with E-state index in [0.717, 1.165) is 26.0 Å². The molecule has 0 aromatic carbocycles. The Labute approximate surface area is 104 Å². The molecule has 4 heteroatoms. The van der Waals surface area contributed by atoms with Gasteiger partial charge in [0.2, 0.25) is 0 Å². The summed E-state index contributed by atoms with van der Waals surface area (Å²) in [7, 11) is 0. The van der Waals surface area contributed by atoms with E-state index >= 15 is 0 Å². The monoisotopic (exact) mass is 243 g/mol. The molecular weight excluding hydrogens is 218 g/mol. The Morgan fingerprint density at radius 1 is 1.53 bits per heavy atom. The fraction of sp³-hybridized carbons (Fsp3) is 0.923. The Kier molecular flexibility index (Phi) is 6.52. The molecule has 1 saturated heterocycles. The van der Waals surface area contributed by atoms with E-state index in [2.05, 4.69) is 18.7 Å². The molecule has 0 N–H and O–H groups in total. The van der Waals surface area contributed by atoms with Gasteiger partial charge in [0.05, 0.1) is 19.3 Å². The average molecular weight is 243 g/mol. The summed E-state index contributed by atoms with van der Waals surface area (Å²) in [6.45, 7) is 8.69. The summed E-state index contributed by atoms with van der Waals surface area (Å²) >= 11 is 0. The van der Waals surface area contributed by atoms with Crippen LogP contribution in [-0.2, 0) is 14.3 Å². The van der Waals surface area contributed by atoms with E-state index in [1.807, 2.05) is 6.92 Å². The number of carbonyl (C=O) groups is 1. The predicted octanol–water partition coefficient (Wildman–Crippen LogP) is 1.83. The number of hydrogen-bond donors (Lipinski definition) is 0. The quantitative estimate of drug-likeness (QED) is 0.639. The summed E-state index contributed by atoms with van der Waals surface area (Å²) in [4.78, 5) is 13.6. The Balaban J connectivity index is 2.29. The third-order valence-electron chi connectivity index (χ3n) is 3.13. The van der Waals surface area contributed by atoms with Gasteiger partial charge in [0, 0.05) is 19.2 Å². The maximum atomic E-state index is 11.5. The first-order chi connectivity index (χ1) is 8.13. The van der Waals surface area contributed by atoms with Crippen LogP contribution >= 0.6 is 0 Å². The molecule has 0 aliphatic carbocycles. The molecule has 0 bridgehead atoms. The topological polar surface area (TPSA) is 38.8 Å². The number of esters is 1. The van der Waals surface area contributed by atoms with Crippen LogP contribution in [0.15, 0.2) is 0 Å². The number of hydrogen-bond acceptors (Lipinski definition) is 4. The SMILES string of the molecule is CCOC(=O)CN(CCC1CCCO1)C(C)C. The van der Waals surface area contributed by atoms with Crippen molar-refractivity contribution >= 4 is 5.97 Å². The second-order valence-corrected chi connectivity index (χ2v) is 4.79. The smallest absolute Gasteiger partial charge is 0.320 e. The van der Waals surface area contributed by atoms with Gasteiger partial charge >= 0.3 is 5.97 Å². The van der Waals surface area contributed by atoms with Gasteiger partial charge < -0.3 is 9.47 Å². The lowest BCUT2D eigenvalue weighted by molar-refractivity contribution is -0.145. The minimum Gasteiger partial charge on any atom is -0.465 e. The van der Waals surface area contributed by atoms with Gasteiger partial charge in [0.15, 0.2) is 0 Å². The van der Waals surface area contributed by atoms with Crippen molar-refractivity contribution in [3.05, 3.63) is 0 Å². The zero-order valence-corrected chi connectivity index (χ0v) is 11.3. The minimum atomic E-state index is -0.131. The highest BCUT2D eigenvalue weighted by atomic mass is 16.5. The van der Waals surface area contributed by atoms with E-state index < -0.39 is 0 Å². The van der Waals surface area contributed by atoms with Crippen LogP contribution in [0.1, 0.15) is 40.0 Å². The highest BCUT2D eigenvalue weighted by molar-refractivity contribution is 5.71. The van der Waals surface area contributed by atoms with Crippen LogP contribution in [0.2, 0.25) is 0 Å². The van der Waals surface area contributed by atoms with Gasteiger partial charge in [0.1, 0.15) is 0 Å². The molecule has 1 rings (SSSR count). The van der Waals surface area contributed by atoms with Crippen LogP contribution in [0.3, 0.4) is 0 Å². The van der Waals surface area contributed by atoms with Crippen molar-refractivity contribution < 1.29 is 14.3 Å². The van der Waals surface area contributed by atoms with Gasteiger partial charge in [-0.1, -0.05) is 0 Å². The summed E-state index contributed by atoms with van der Waals surface area (Å²) in [6.07, 6.45) is 3.73. The van der Waals surface area contributed by atoms with Crippen LogP contribution in [0.5, 0.6) is 0 Å². The highest BCUT2D eigenvalue weighted by Crippen LogP contribution is 2.16. The molecule has 1 unspecified atom stereocenters. The summed E-state index contributed by atoms with van der Waals surface area (Å²) in [5.41, 5.74) is 0. The van der Waals surface area contributed by atoms with Gasteiger partial charge in [-0.05, 0) is 40.0 Å². The van der Waals surface area contributed by atoms with Crippen molar-refractivity contribution in [1.82, 2.24) is 4.90 Å². The van der Waals surface area contributed by atoms with Crippen molar-refractivity contribution in [3.8, 4) is 0 Å². The lowest BCUT2D eigenvalue weighted by atomic mass is 10.1. The minimum absolute atomic E-state index is 0.131. The molecule has 4 nitrogen and oxygen atoms in total. The van der Waals surface area contributed by atoms with E-state index in [9.17, 15) is 4.79 Å². The van der Waals surface area contributed by atoms with Crippen molar-refractivity contribution in [2.75, 3.05) is 26.3 Å². The van der Waals surface area contributed by atoms with Gasteiger partial charge in [0.25, 0.3) is 0 Å². The third kappa shape index (κ3) is 5.50. The van der Waals surface area contributed by atoms with Crippen LogP contribution in [0.4, 0.5) is 0 Å². The maximum absolute atomic E-state index is 11.5. The maximum Gasteiger partial charge on any atom is 0.320 e. The first-order valence-corrected chi connectivity index (χ1v) is 6.64. The van der Waals surface area contributed by atoms with Crippen LogP contribution in [0.25, 0.3) is 0 Å². The molecule has 1 aliphatic heterocycles. The number of carbonyl (C=O) groups excluding carboxylic acids is 1. The van der Waals surface area contributed by atoms with E-state index in [0.29, 0.717) is 25.3 Å². The van der Waals surface area contributed by atoms with Gasteiger partial charge in [-0.2, -0.15) is 0 Å². The largest absolute Gasteiger partial charge is 0.465 e. The molecule has 1 heterocycles. The number of rotatable bonds is 7. The van der Waals surface area contributed by atoms with E-state index in [1.165, 1.54) is 6.42 Å². The summed E-state index contributed by atoms with van der Waals surface area (Å²) in [6, 6.07) is 0.362. The van der Waals surface area contributed by atoms with E-state index in [4.69, 9.17) is 9.47 Å². The van der Waals surface area contributed by atoms with Crippen molar-refractivity contribution in [3.63, 3.8) is 0 Å². The standard InChI is InChI=1S/C13H25NO3/c1-4-16-13(15)10-14(11(2)3)8-7-12-6-5-9-17-12/h11-12H,4-10H2,1-3H3. The molecule has 0 aromatic rings. The average Bonchev–Trinajstić information content (AvgIpc) is 2.77. The molecule has 0 radical (unpaired) electrons. The van der Waals surface area contributed by atoms with Crippen LogP contribution < -0.4 is 0 Å².